The van der Waals surface area contributed by atoms with Crippen LogP contribution in [0.15, 0.2) is 29.6 Å². The molecule has 4 heteroatoms. The second kappa shape index (κ2) is 6.16. The third kappa shape index (κ3) is 2.97. The van der Waals surface area contributed by atoms with Crippen molar-refractivity contribution in [2.75, 3.05) is 18.0 Å². The topological polar surface area (TPSA) is 15.3 Å². The number of halogens is 1. The van der Waals surface area contributed by atoms with E-state index in [1.807, 2.05) is 17.4 Å². The van der Waals surface area contributed by atoms with Crippen molar-refractivity contribution in [3.63, 3.8) is 0 Å². The fourth-order valence-electron chi connectivity index (χ4n) is 3.03. The summed E-state index contributed by atoms with van der Waals surface area (Å²) in [4.78, 5) is 3.87. The van der Waals surface area contributed by atoms with E-state index in [4.69, 9.17) is 0 Å². The fraction of sp³-hybridized carbons (Fsp3) is 0.412. The lowest BCUT2D eigenvalue weighted by Crippen LogP contribution is -2.31. The van der Waals surface area contributed by atoms with Gasteiger partial charge in [0, 0.05) is 29.7 Å². The van der Waals surface area contributed by atoms with Gasteiger partial charge in [-0.3, -0.25) is 0 Å². The molecule has 0 bridgehead atoms. The van der Waals surface area contributed by atoms with Crippen molar-refractivity contribution in [1.29, 1.82) is 0 Å². The van der Waals surface area contributed by atoms with Gasteiger partial charge in [-0.2, -0.15) is 0 Å². The van der Waals surface area contributed by atoms with Gasteiger partial charge in [0.25, 0.3) is 0 Å². The van der Waals surface area contributed by atoms with Gasteiger partial charge in [0.1, 0.15) is 5.82 Å². The molecular formula is C17H21FN2S. The summed E-state index contributed by atoms with van der Waals surface area (Å²) >= 11 is 1.84. The highest BCUT2D eigenvalue weighted by Gasteiger charge is 2.21. The van der Waals surface area contributed by atoms with Crippen LogP contribution in [0.3, 0.4) is 0 Å². The predicted octanol–water partition coefficient (Wildman–Crippen LogP) is 4.12. The number of anilines is 1. The highest BCUT2D eigenvalue weighted by molar-refractivity contribution is 7.10. The zero-order valence-electron chi connectivity index (χ0n) is 12.5. The van der Waals surface area contributed by atoms with Crippen LogP contribution in [0.1, 0.15) is 35.9 Å². The third-order valence-corrected chi connectivity index (χ3v) is 5.14. The number of nitrogens with zero attached hydrogens (tertiary/aromatic N) is 1. The van der Waals surface area contributed by atoms with E-state index in [0.29, 0.717) is 0 Å². The number of hydrogen-bond acceptors (Lipinski definition) is 3. The van der Waals surface area contributed by atoms with Gasteiger partial charge >= 0.3 is 0 Å². The van der Waals surface area contributed by atoms with Gasteiger partial charge in [-0.15, -0.1) is 11.3 Å². The summed E-state index contributed by atoms with van der Waals surface area (Å²) in [5, 5.41) is 5.56. The Morgan fingerprint density at radius 2 is 2.24 bits per heavy atom. The third-order valence-electron chi connectivity index (χ3n) is 4.11. The maximum atomic E-state index is 13.7. The first-order valence-electron chi connectivity index (χ1n) is 7.52. The monoisotopic (exact) mass is 304 g/mol. The number of hydrogen-bond donors (Lipinski definition) is 1. The molecule has 1 aromatic carbocycles. The Bertz CT molecular complexity index is 623. The van der Waals surface area contributed by atoms with E-state index in [9.17, 15) is 4.39 Å². The first-order valence-corrected chi connectivity index (χ1v) is 8.40. The molecule has 0 fully saturated rings. The summed E-state index contributed by atoms with van der Waals surface area (Å²) in [5.74, 6) is -0.160. The number of thiophene rings is 1. The molecule has 3 rings (SSSR count). The van der Waals surface area contributed by atoms with Crippen LogP contribution in [0.4, 0.5) is 10.1 Å². The van der Waals surface area contributed by atoms with E-state index < -0.39 is 0 Å². The van der Waals surface area contributed by atoms with Crippen LogP contribution >= 0.6 is 11.3 Å². The predicted molar refractivity (Wildman–Crippen MR) is 87.6 cm³/mol. The minimum absolute atomic E-state index is 0.157. The molecule has 112 valence electrons. The lowest BCUT2D eigenvalue weighted by Gasteiger charge is -2.32. The molecule has 0 saturated carbocycles. The molecule has 1 aromatic heterocycles. The molecule has 2 nitrogen and oxygen atoms in total. The second-order valence-electron chi connectivity index (χ2n) is 5.52. The maximum absolute atomic E-state index is 13.7. The Morgan fingerprint density at radius 1 is 1.38 bits per heavy atom. The summed E-state index contributed by atoms with van der Waals surface area (Å²) in [6, 6.07) is 7.54. The van der Waals surface area contributed by atoms with Gasteiger partial charge in [-0.1, -0.05) is 6.92 Å². The van der Waals surface area contributed by atoms with E-state index in [-0.39, 0.29) is 11.9 Å². The van der Waals surface area contributed by atoms with Crippen LogP contribution in [-0.4, -0.2) is 13.1 Å². The summed E-state index contributed by atoms with van der Waals surface area (Å²) < 4.78 is 13.7. The number of benzene rings is 1. The van der Waals surface area contributed by atoms with Crippen molar-refractivity contribution in [2.45, 2.75) is 32.9 Å². The molecule has 1 aliphatic rings. The molecule has 1 N–H and O–H groups in total. The van der Waals surface area contributed by atoms with Crippen LogP contribution in [0, 0.1) is 5.82 Å². The average Bonchev–Trinajstić information content (AvgIpc) is 2.94. The van der Waals surface area contributed by atoms with Gasteiger partial charge < -0.3 is 10.2 Å². The second-order valence-corrected chi connectivity index (χ2v) is 6.52. The average molecular weight is 304 g/mol. The van der Waals surface area contributed by atoms with E-state index >= 15 is 0 Å². The normalized spacial score (nSPS) is 15.9. The summed E-state index contributed by atoms with van der Waals surface area (Å²) in [7, 11) is 0. The molecule has 0 radical (unpaired) electrons. The first kappa shape index (κ1) is 14.5. The van der Waals surface area contributed by atoms with Crippen molar-refractivity contribution < 1.29 is 4.39 Å². The Hall–Kier alpha value is -1.39. The Morgan fingerprint density at radius 3 is 3.05 bits per heavy atom. The minimum atomic E-state index is -0.160. The first-order chi connectivity index (χ1) is 10.2. The maximum Gasteiger partial charge on any atom is 0.123 e. The molecule has 0 amide bonds. The number of nitrogens with one attached hydrogen (secondary N) is 1. The van der Waals surface area contributed by atoms with Crippen molar-refractivity contribution in [3.8, 4) is 0 Å². The lowest BCUT2D eigenvalue weighted by molar-refractivity contribution is 0.579. The highest BCUT2D eigenvalue weighted by Crippen LogP contribution is 2.32. The van der Waals surface area contributed by atoms with Gasteiger partial charge in [-0.05, 0) is 60.7 Å². The van der Waals surface area contributed by atoms with Crippen LogP contribution in [-0.2, 0) is 13.0 Å². The number of rotatable bonds is 4. The van der Waals surface area contributed by atoms with Crippen LogP contribution in [0.25, 0.3) is 0 Å². The van der Waals surface area contributed by atoms with Crippen LogP contribution < -0.4 is 10.2 Å². The molecule has 21 heavy (non-hydrogen) atoms. The van der Waals surface area contributed by atoms with Gasteiger partial charge in [0.05, 0.1) is 0 Å². The van der Waals surface area contributed by atoms with Gasteiger partial charge in [0.15, 0.2) is 0 Å². The Kier molecular flexibility index (Phi) is 4.27. The Balaban J connectivity index is 1.91. The SMILES string of the molecule is CCNC(C)c1cc(F)ccc1N1CCc2sccc2C1. The van der Waals surface area contributed by atoms with E-state index in [2.05, 4.69) is 35.5 Å². The van der Waals surface area contributed by atoms with Crippen molar-refractivity contribution in [3.05, 3.63) is 51.5 Å². The zero-order chi connectivity index (χ0) is 14.8. The molecule has 0 spiro atoms. The summed E-state index contributed by atoms with van der Waals surface area (Å²) in [6.45, 7) is 6.99. The standard InChI is InChI=1S/C17H21FN2S/c1-3-19-12(2)15-10-14(18)4-5-16(15)20-8-6-17-13(11-20)7-9-21-17/h4-5,7,9-10,12,19H,3,6,8,11H2,1-2H3. The quantitative estimate of drug-likeness (QED) is 0.914. The highest BCUT2D eigenvalue weighted by atomic mass is 32.1. The molecule has 1 unspecified atom stereocenters. The van der Waals surface area contributed by atoms with Gasteiger partial charge in [0.2, 0.25) is 0 Å². The van der Waals surface area contributed by atoms with Crippen molar-refractivity contribution in [1.82, 2.24) is 5.32 Å². The lowest BCUT2D eigenvalue weighted by atomic mass is 10.0. The molecule has 1 atom stereocenters. The van der Waals surface area contributed by atoms with Crippen LogP contribution in [0.2, 0.25) is 0 Å². The largest absolute Gasteiger partial charge is 0.367 e. The van der Waals surface area contributed by atoms with Gasteiger partial charge in [-0.25, -0.2) is 4.39 Å². The van der Waals surface area contributed by atoms with E-state index in [1.165, 1.54) is 10.4 Å². The Labute approximate surface area is 129 Å². The number of fused-ring (bicyclic) bond motifs is 1. The molecule has 2 aromatic rings. The van der Waals surface area contributed by atoms with E-state index in [0.717, 1.165) is 37.3 Å². The smallest absolute Gasteiger partial charge is 0.123 e. The van der Waals surface area contributed by atoms with Crippen molar-refractivity contribution in [2.24, 2.45) is 0 Å². The van der Waals surface area contributed by atoms with E-state index in [1.54, 1.807) is 12.1 Å². The van der Waals surface area contributed by atoms with Crippen LogP contribution in [0.5, 0.6) is 0 Å². The van der Waals surface area contributed by atoms with Crippen molar-refractivity contribution >= 4 is 17.0 Å². The molecular weight excluding hydrogens is 283 g/mol. The molecule has 1 aliphatic heterocycles. The zero-order valence-corrected chi connectivity index (χ0v) is 13.3. The molecule has 0 aliphatic carbocycles. The fourth-order valence-corrected chi connectivity index (χ4v) is 3.92. The molecule has 0 saturated heterocycles. The molecule has 2 heterocycles. The minimum Gasteiger partial charge on any atom is -0.367 e. The summed E-state index contributed by atoms with van der Waals surface area (Å²) in [6.07, 6.45) is 1.08. The summed E-state index contributed by atoms with van der Waals surface area (Å²) in [5.41, 5.74) is 3.62.